The molecule has 1 amide bonds. The maximum Gasteiger partial charge on any atom is 0.262 e. The van der Waals surface area contributed by atoms with Crippen LogP contribution in [0.3, 0.4) is 0 Å². The van der Waals surface area contributed by atoms with Crippen LogP contribution in [-0.2, 0) is 9.53 Å². The van der Waals surface area contributed by atoms with Crippen molar-refractivity contribution < 1.29 is 14.3 Å². The Labute approximate surface area is 134 Å². The van der Waals surface area contributed by atoms with Gasteiger partial charge >= 0.3 is 0 Å². The fourth-order valence-corrected chi connectivity index (χ4v) is 2.41. The molecule has 116 valence electrons. The Morgan fingerprint density at radius 1 is 1.64 bits per heavy atom. The summed E-state index contributed by atoms with van der Waals surface area (Å²) in [5, 5.41) is 12.4. The monoisotopic (exact) mass is 320 g/mol. The molecule has 1 fully saturated rings. The molecule has 1 N–H and O–H groups in total. The van der Waals surface area contributed by atoms with Crippen molar-refractivity contribution in [1.82, 2.24) is 5.32 Å². The molecule has 5 nitrogen and oxygen atoms in total. The molecule has 22 heavy (non-hydrogen) atoms. The van der Waals surface area contributed by atoms with Crippen molar-refractivity contribution in [3.05, 3.63) is 34.4 Å². The fraction of sp³-hybridized carbons (Fsp3) is 0.375. The van der Waals surface area contributed by atoms with E-state index in [0.717, 1.165) is 19.4 Å². The molecule has 0 radical (unpaired) electrons. The molecule has 1 heterocycles. The second-order valence-electron chi connectivity index (χ2n) is 4.90. The fourth-order valence-electron chi connectivity index (χ4n) is 2.23. The lowest BCUT2D eigenvalue weighted by Crippen LogP contribution is -2.32. The van der Waals surface area contributed by atoms with Gasteiger partial charge in [-0.3, -0.25) is 4.79 Å². The highest BCUT2D eigenvalue weighted by Crippen LogP contribution is 2.25. The van der Waals surface area contributed by atoms with Crippen molar-refractivity contribution in [3.8, 4) is 11.8 Å². The van der Waals surface area contributed by atoms with Gasteiger partial charge < -0.3 is 14.8 Å². The standard InChI is InChI=1S/C16H17ClN2O3/c1-21-15-5-4-13(17)8-11(15)7-12(9-18)16(20)19-10-14-3-2-6-22-14/h4-5,7-8,14H,2-3,6,10H2,1H3,(H,19,20). The summed E-state index contributed by atoms with van der Waals surface area (Å²) in [6.07, 6.45) is 3.43. The lowest BCUT2D eigenvalue weighted by atomic mass is 10.1. The first-order chi connectivity index (χ1) is 10.6. The average molecular weight is 321 g/mol. The van der Waals surface area contributed by atoms with Gasteiger partial charge in [-0.1, -0.05) is 11.6 Å². The van der Waals surface area contributed by atoms with Crippen molar-refractivity contribution >= 4 is 23.6 Å². The largest absolute Gasteiger partial charge is 0.496 e. The number of carbonyl (C=O) groups excluding carboxylic acids is 1. The van der Waals surface area contributed by atoms with E-state index in [1.807, 2.05) is 6.07 Å². The van der Waals surface area contributed by atoms with Crippen LogP contribution in [0.15, 0.2) is 23.8 Å². The summed E-state index contributed by atoms with van der Waals surface area (Å²) >= 11 is 5.94. The minimum absolute atomic E-state index is 0.00133. The smallest absolute Gasteiger partial charge is 0.262 e. The second kappa shape index (κ2) is 7.83. The maximum atomic E-state index is 12.1. The third-order valence-corrected chi connectivity index (χ3v) is 3.61. The number of hydrogen-bond acceptors (Lipinski definition) is 4. The molecule has 1 aromatic rings. The highest BCUT2D eigenvalue weighted by Gasteiger charge is 2.18. The van der Waals surface area contributed by atoms with Gasteiger partial charge in [-0.05, 0) is 37.1 Å². The summed E-state index contributed by atoms with van der Waals surface area (Å²) < 4.78 is 10.6. The Morgan fingerprint density at radius 3 is 3.09 bits per heavy atom. The first-order valence-electron chi connectivity index (χ1n) is 6.99. The van der Waals surface area contributed by atoms with Crippen molar-refractivity contribution in [1.29, 1.82) is 5.26 Å². The van der Waals surface area contributed by atoms with Crippen LogP contribution in [0.4, 0.5) is 0 Å². The van der Waals surface area contributed by atoms with E-state index in [9.17, 15) is 10.1 Å². The number of amides is 1. The number of rotatable bonds is 5. The molecule has 0 aromatic heterocycles. The first-order valence-corrected chi connectivity index (χ1v) is 7.37. The zero-order valence-electron chi connectivity index (χ0n) is 12.3. The molecule has 0 spiro atoms. The molecule has 1 atom stereocenters. The van der Waals surface area contributed by atoms with E-state index in [4.69, 9.17) is 21.1 Å². The van der Waals surface area contributed by atoms with E-state index in [1.54, 1.807) is 18.2 Å². The number of hydrogen-bond donors (Lipinski definition) is 1. The van der Waals surface area contributed by atoms with E-state index < -0.39 is 5.91 Å². The van der Waals surface area contributed by atoms with Gasteiger partial charge in [-0.15, -0.1) is 0 Å². The molecule has 1 aliphatic heterocycles. The summed E-state index contributed by atoms with van der Waals surface area (Å²) in [7, 11) is 1.52. The zero-order valence-corrected chi connectivity index (χ0v) is 13.0. The lowest BCUT2D eigenvalue weighted by Gasteiger charge is -2.10. The Bertz CT molecular complexity index is 616. The van der Waals surface area contributed by atoms with Gasteiger partial charge in [-0.2, -0.15) is 5.26 Å². The number of ether oxygens (including phenoxy) is 2. The zero-order chi connectivity index (χ0) is 15.9. The van der Waals surface area contributed by atoms with Crippen molar-refractivity contribution in [3.63, 3.8) is 0 Å². The normalized spacial score (nSPS) is 17.9. The number of halogens is 1. The van der Waals surface area contributed by atoms with Crippen molar-refractivity contribution in [2.24, 2.45) is 0 Å². The number of methoxy groups -OCH3 is 1. The molecule has 0 aliphatic carbocycles. The average Bonchev–Trinajstić information content (AvgIpc) is 3.04. The number of benzene rings is 1. The van der Waals surface area contributed by atoms with E-state index in [-0.39, 0.29) is 11.7 Å². The molecule has 0 saturated carbocycles. The van der Waals surface area contributed by atoms with Crippen LogP contribution in [0.1, 0.15) is 18.4 Å². The van der Waals surface area contributed by atoms with Crippen LogP contribution in [0.25, 0.3) is 6.08 Å². The molecule has 1 saturated heterocycles. The highest BCUT2D eigenvalue weighted by atomic mass is 35.5. The molecule has 1 aliphatic rings. The van der Waals surface area contributed by atoms with Crippen LogP contribution in [-0.4, -0.2) is 32.3 Å². The van der Waals surface area contributed by atoms with E-state index in [0.29, 0.717) is 22.9 Å². The summed E-state index contributed by atoms with van der Waals surface area (Å²) in [5.41, 5.74) is 0.581. The first kappa shape index (κ1) is 16.3. The minimum atomic E-state index is -0.431. The van der Waals surface area contributed by atoms with Crippen LogP contribution in [0, 0.1) is 11.3 Å². The summed E-state index contributed by atoms with van der Waals surface area (Å²) in [6.45, 7) is 1.13. The number of nitrogens with zero attached hydrogens (tertiary/aromatic N) is 1. The van der Waals surface area contributed by atoms with Gasteiger partial charge in [0.25, 0.3) is 5.91 Å². The molecule has 1 aromatic carbocycles. The summed E-state index contributed by atoms with van der Waals surface area (Å²) in [4.78, 5) is 12.1. The minimum Gasteiger partial charge on any atom is -0.496 e. The molecule has 1 unspecified atom stereocenters. The van der Waals surface area contributed by atoms with Gasteiger partial charge in [0, 0.05) is 23.7 Å². The van der Waals surface area contributed by atoms with Crippen molar-refractivity contribution in [2.45, 2.75) is 18.9 Å². The van der Waals surface area contributed by atoms with E-state index >= 15 is 0 Å². The molecule has 0 bridgehead atoms. The second-order valence-corrected chi connectivity index (χ2v) is 5.34. The van der Waals surface area contributed by atoms with E-state index in [1.165, 1.54) is 13.2 Å². The van der Waals surface area contributed by atoms with Gasteiger partial charge in [0.2, 0.25) is 0 Å². The van der Waals surface area contributed by atoms with Gasteiger partial charge in [-0.25, -0.2) is 0 Å². The van der Waals surface area contributed by atoms with Gasteiger partial charge in [0.05, 0.1) is 13.2 Å². The molecule has 2 rings (SSSR count). The summed E-state index contributed by atoms with van der Waals surface area (Å²) in [5.74, 6) is 0.115. The summed E-state index contributed by atoms with van der Waals surface area (Å²) in [6, 6.07) is 6.92. The molecular weight excluding hydrogens is 304 g/mol. The quantitative estimate of drug-likeness (QED) is 0.668. The third-order valence-electron chi connectivity index (χ3n) is 3.37. The number of nitriles is 1. The van der Waals surface area contributed by atoms with E-state index in [2.05, 4.69) is 5.32 Å². The topological polar surface area (TPSA) is 71.3 Å². The lowest BCUT2D eigenvalue weighted by molar-refractivity contribution is -0.117. The van der Waals surface area contributed by atoms with Crippen LogP contribution < -0.4 is 10.1 Å². The predicted octanol–water partition coefficient (Wildman–Crippen LogP) is 2.55. The Morgan fingerprint density at radius 2 is 2.45 bits per heavy atom. The number of nitrogens with one attached hydrogen (secondary N) is 1. The third kappa shape index (κ3) is 4.23. The van der Waals surface area contributed by atoms with Crippen molar-refractivity contribution in [2.75, 3.05) is 20.3 Å². The Hall–Kier alpha value is -2.03. The predicted molar refractivity (Wildman–Crippen MR) is 83.6 cm³/mol. The molecule has 6 heteroatoms. The van der Waals surface area contributed by atoms with Crippen LogP contribution >= 0.6 is 11.6 Å². The SMILES string of the molecule is COc1ccc(Cl)cc1C=C(C#N)C(=O)NCC1CCCO1. The van der Waals surface area contributed by atoms with Gasteiger partial charge in [0.1, 0.15) is 17.4 Å². The molecular formula is C16H17ClN2O3. The Balaban J connectivity index is 2.11. The number of carbonyl (C=O) groups is 1. The highest BCUT2D eigenvalue weighted by molar-refractivity contribution is 6.30. The maximum absolute atomic E-state index is 12.1. The van der Waals surface area contributed by atoms with Gasteiger partial charge in [0.15, 0.2) is 0 Å². The Kier molecular flexibility index (Phi) is 5.82. The van der Waals surface area contributed by atoms with Crippen LogP contribution in [0.5, 0.6) is 5.75 Å². The van der Waals surface area contributed by atoms with Crippen LogP contribution in [0.2, 0.25) is 5.02 Å².